The van der Waals surface area contributed by atoms with Crippen LogP contribution in [-0.4, -0.2) is 16.6 Å². The van der Waals surface area contributed by atoms with Crippen molar-refractivity contribution in [3.8, 4) is 0 Å². The van der Waals surface area contributed by atoms with E-state index in [-0.39, 0.29) is 12.4 Å². The van der Waals surface area contributed by atoms with E-state index in [1.54, 1.807) is 12.5 Å². The van der Waals surface area contributed by atoms with Gasteiger partial charge in [-0.05, 0) is 0 Å². The van der Waals surface area contributed by atoms with Gasteiger partial charge < -0.3 is 9.88 Å². The third-order valence-electron chi connectivity index (χ3n) is 1.07. The van der Waals surface area contributed by atoms with Gasteiger partial charge in [0.05, 0.1) is 12.5 Å². The molecule has 1 aromatic rings. The van der Waals surface area contributed by atoms with Gasteiger partial charge in [-0.15, -0.1) is 12.4 Å². The van der Waals surface area contributed by atoms with Crippen LogP contribution in [0.5, 0.6) is 0 Å². The van der Waals surface area contributed by atoms with Crippen molar-refractivity contribution in [2.24, 2.45) is 7.05 Å². The number of imidazole rings is 1. The molecule has 0 saturated heterocycles. The fourth-order valence-electron chi connectivity index (χ4n) is 0.598. The predicted octanol–water partition coefficient (Wildman–Crippen LogP) is 0.884. The molecule has 0 spiro atoms. The molecule has 0 unspecified atom stereocenters. The summed E-state index contributed by atoms with van der Waals surface area (Å²) in [6.45, 7) is 0. The summed E-state index contributed by atoms with van der Waals surface area (Å²) in [5.41, 5.74) is 0. The standard InChI is InChI=1S/C5H9N3.ClH/c1-6-5-3-7-4-8(5)2;/h3-4,6H,1-2H3;1H. The summed E-state index contributed by atoms with van der Waals surface area (Å²) in [6.07, 6.45) is 3.53. The van der Waals surface area contributed by atoms with Crippen molar-refractivity contribution in [3.05, 3.63) is 12.5 Å². The number of aryl methyl sites for hydroxylation is 1. The second kappa shape index (κ2) is 3.35. The number of anilines is 1. The molecule has 1 rings (SSSR count). The topological polar surface area (TPSA) is 29.9 Å². The highest BCUT2D eigenvalue weighted by Gasteiger charge is 1.88. The molecule has 4 heteroatoms. The smallest absolute Gasteiger partial charge is 0.125 e. The zero-order valence-corrected chi connectivity index (χ0v) is 6.27. The lowest BCUT2D eigenvalue weighted by molar-refractivity contribution is 0.918. The highest BCUT2D eigenvalue weighted by atomic mass is 35.5. The lowest BCUT2D eigenvalue weighted by atomic mass is 10.7. The largest absolute Gasteiger partial charge is 0.373 e. The molecular formula is C5H10ClN3. The molecule has 0 aliphatic rings. The van der Waals surface area contributed by atoms with E-state index >= 15 is 0 Å². The van der Waals surface area contributed by atoms with Gasteiger partial charge in [0.1, 0.15) is 5.82 Å². The zero-order chi connectivity index (χ0) is 5.98. The van der Waals surface area contributed by atoms with E-state index in [2.05, 4.69) is 10.3 Å². The molecule has 0 amide bonds. The first kappa shape index (κ1) is 8.30. The van der Waals surface area contributed by atoms with E-state index in [4.69, 9.17) is 0 Å². The SMILES string of the molecule is CNc1cncn1C.Cl. The number of hydrogen-bond donors (Lipinski definition) is 1. The van der Waals surface area contributed by atoms with Gasteiger partial charge in [-0.25, -0.2) is 4.98 Å². The van der Waals surface area contributed by atoms with Gasteiger partial charge in [-0.1, -0.05) is 0 Å². The van der Waals surface area contributed by atoms with Crippen molar-refractivity contribution in [1.82, 2.24) is 9.55 Å². The summed E-state index contributed by atoms with van der Waals surface area (Å²) >= 11 is 0. The zero-order valence-electron chi connectivity index (χ0n) is 5.46. The van der Waals surface area contributed by atoms with Crippen molar-refractivity contribution >= 4 is 18.2 Å². The second-order valence-electron chi connectivity index (χ2n) is 1.64. The highest BCUT2D eigenvalue weighted by molar-refractivity contribution is 5.85. The van der Waals surface area contributed by atoms with Crippen molar-refractivity contribution in [3.63, 3.8) is 0 Å². The Bertz CT molecular complexity index is 172. The Balaban J connectivity index is 0.000000640. The minimum atomic E-state index is 0. The van der Waals surface area contributed by atoms with Gasteiger partial charge in [0.2, 0.25) is 0 Å². The Labute approximate surface area is 60.5 Å². The fourth-order valence-corrected chi connectivity index (χ4v) is 0.598. The van der Waals surface area contributed by atoms with E-state index in [0.717, 1.165) is 5.82 Å². The number of nitrogens with one attached hydrogen (secondary N) is 1. The molecule has 0 aliphatic carbocycles. The van der Waals surface area contributed by atoms with Crippen molar-refractivity contribution in [2.75, 3.05) is 12.4 Å². The van der Waals surface area contributed by atoms with Crippen LogP contribution in [0.4, 0.5) is 5.82 Å². The van der Waals surface area contributed by atoms with Crippen molar-refractivity contribution in [2.45, 2.75) is 0 Å². The molecule has 0 aliphatic heterocycles. The Morgan fingerprint density at radius 3 is 2.56 bits per heavy atom. The molecule has 0 fully saturated rings. The number of aromatic nitrogens is 2. The fraction of sp³-hybridized carbons (Fsp3) is 0.400. The van der Waals surface area contributed by atoms with Crippen LogP contribution >= 0.6 is 12.4 Å². The molecule has 1 aromatic heterocycles. The minimum Gasteiger partial charge on any atom is -0.373 e. The van der Waals surface area contributed by atoms with Crippen LogP contribution in [0.2, 0.25) is 0 Å². The normalized spacial score (nSPS) is 8.22. The van der Waals surface area contributed by atoms with Gasteiger partial charge in [0.15, 0.2) is 0 Å². The summed E-state index contributed by atoms with van der Waals surface area (Å²) in [5.74, 6) is 1.03. The van der Waals surface area contributed by atoms with E-state index < -0.39 is 0 Å². The third kappa shape index (κ3) is 1.61. The molecule has 0 radical (unpaired) electrons. The van der Waals surface area contributed by atoms with E-state index in [0.29, 0.717) is 0 Å². The van der Waals surface area contributed by atoms with Crippen LogP contribution in [0.15, 0.2) is 12.5 Å². The third-order valence-corrected chi connectivity index (χ3v) is 1.07. The van der Waals surface area contributed by atoms with Crippen molar-refractivity contribution < 1.29 is 0 Å². The highest BCUT2D eigenvalue weighted by Crippen LogP contribution is 1.99. The summed E-state index contributed by atoms with van der Waals surface area (Å²) in [7, 11) is 3.82. The maximum absolute atomic E-state index is 3.89. The molecule has 1 heterocycles. The van der Waals surface area contributed by atoms with Gasteiger partial charge >= 0.3 is 0 Å². The number of rotatable bonds is 1. The van der Waals surface area contributed by atoms with E-state index in [1.807, 2.05) is 18.7 Å². The van der Waals surface area contributed by atoms with Crippen molar-refractivity contribution in [1.29, 1.82) is 0 Å². The number of hydrogen-bond acceptors (Lipinski definition) is 2. The Morgan fingerprint density at radius 1 is 1.67 bits per heavy atom. The minimum absolute atomic E-state index is 0. The van der Waals surface area contributed by atoms with Crippen LogP contribution in [0, 0.1) is 0 Å². The molecular weight excluding hydrogens is 138 g/mol. The lowest BCUT2D eigenvalue weighted by Crippen LogP contribution is -1.94. The first-order chi connectivity index (χ1) is 3.84. The summed E-state index contributed by atoms with van der Waals surface area (Å²) in [5, 5.41) is 2.98. The van der Waals surface area contributed by atoms with Crippen LogP contribution in [0.1, 0.15) is 0 Å². The Morgan fingerprint density at radius 2 is 2.33 bits per heavy atom. The number of halogens is 1. The predicted molar refractivity (Wildman–Crippen MR) is 40.0 cm³/mol. The second-order valence-corrected chi connectivity index (χ2v) is 1.64. The molecule has 52 valence electrons. The summed E-state index contributed by atoms with van der Waals surface area (Å²) in [4.78, 5) is 3.89. The number of nitrogens with zero attached hydrogens (tertiary/aromatic N) is 2. The lowest BCUT2D eigenvalue weighted by Gasteiger charge is -1.96. The summed E-state index contributed by atoms with van der Waals surface area (Å²) in [6, 6.07) is 0. The first-order valence-corrected chi connectivity index (χ1v) is 2.48. The Hall–Kier alpha value is -0.700. The van der Waals surface area contributed by atoms with Gasteiger partial charge in [0, 0.05) is 14.1 Å². The monoisotopic (exact) mass is 147 g/mol. The molecule has 3 nitrogen and oxygen atoms in total. The van der Waals surface area contributed by atoms with Crippen LogP contribution in [0.25, 0.3) is 0 Å². The maximum Gasteiger partial charge on any atom is 0.125 e. The van der Waals surface area contributed by atoms with Crippen LogP contribution < -0.4 is 5.32 Å². The maximum atomic E-state index is 3.89. The van der Waals surface area contributed by atoms with Gasteiger partial charge in [-0.3, -0.25) is 0 Å². The van der Waals surface area contributed by atoms with Gasteiger partial charge in [-0.2, -0.15) is 0 Å². The molecule has 0 saturated carbocycles. The molecule has 0 atom stereocenters. The van der Waals surface area contributed by atoms with E-state index in [1.165, 1.54) is 0 Å². The van der Waals surface area contributed by atoms with Crippen LogP contribution in [0.3, 0.4) is 0 Å². The molecule has 0 aromatic carbocycles. The van der Waals surface area contributed by atoms with E-state index in [9.17, 15) is 0 Å². The Kier molecular flexibility index (Phi) is 3.09. The average Bonchev–Trinajstić information content (AvgIpc) is 2.14. The average molecular weight is 148 g/mol. The quantitative estimate of drug-likeness (QED) is 0.639. The first-order valence-electron chi connectivity index (χ1n) is 2.48. The van der Waals surface area contributed by atoms with Crippen LogP contribution in [-0.2, 0) is 7.05 Å². The molecule has 9 heavy (non-hydrogen) atoms. The summed E-state index contributed by atoms with van der Waals surface area (Å²) < 4.78 is 1.92. The molecule has 0 bridgehead atoms. The molecule has 1 N–H and O–H groups in total. The van der Waals surface area contributed by atoms with Gasteiger partial charge in [0.25, 0.3) is 0 Å².